The van der Waals surface area contributed by atoms with E-state index in [-0.39, 0.29) is 22.8 Å². The summed E-state index contributed by atoms with van der Waals surface area (Å²) in [6, 6.07) is 7.24. The molecule has 2 heterocycles. The number of fused-ring (bicyclic) bond motifs is 1. The zero-order chi connectivity index (χ0) is 14.3. The van der Waals surface area contributed by atoms with E-state index in [2.05, 4.69) is 15.0 Å². The van der Waals surface area contributed by atoms with Crippen LogP contribution < -0.4 is 11.3 Å². The number of carbonyl (C=O) groups is 1. The zero-order valence-electron chi connectivity index (χ0n) is 10.7. The van der Waals surface area contributed by atoms with Gasteiger partial charge in [-0.05, 0) is 13.0 Å². The Morgan fingerprint density at radius 3 is 2.90 bits per heavy atom. The lowest BCUT2D eigenvalue weighted by Gasteiger charge is -2.01. The average molecular weight is 268 g/mol. The molecule has 20 heavy (non-hydrogen) atoms. The summed E-state index contributed by atoms with van der Waals surface area (Å²) in [5.74, 6) is -0.210. The van der Waals surface area contributed by atoms with E-state index in [1.165, 1.54) is 6.20 Å². The molecule has 6 nitrogen and oxygen atoms in total. The van der Waals surface area contributed by atoms with Crippen LogP contribution in [0.1, 0.15) is 21.5 Å². The third-order valence-corrected chi connectivity index (χ3v) is 3.08. The van der Waals surface area contributed by atoms with E-state index in [9.17, 15) is 9.59 Å². The minimum Gasteiger partial charge on any atom is -0.369 e. The largest absolute Gasteiger partial charge is 0.369 e. The van der Waals surface area contributed by atoms with Crippen molar-refractivity contribution in [1.29, 1.82) is 0 Å². The van der Waals surface area contributed by atoms with Crippen LogP contribution in [-0.4, -0.2) is 20.7 Å². The Kier molecular flexibility index (Phi) is 2.64. The molecule has 0 bridgehead atoms. The van der Waals surface area contributed by atoms with Crippen molar-refractivity contribution in [2.24, 2.45) is 0 Å². The van der Waals surface area contributed by atoms with Gasteiger partial charge in [0.1, 0.15) is 11.0 Å². The first-order chi connectivity index (χ1) is 9.56. The lowest BCUT2D eigenvalue weighted by atomic mass is 10.0. The zero-order valence-corrected chi connectivity index (χ0v) is 10.7. The van der Waals surface area contributed by atoms with Gasteiger partial charge >= 0.3 is 0 Å². The van der Waals surface area contributed by atoms with Gasteiger partial charge < -0.3 is 10.7 Å². The van der Waals surface area contributed by atoms with Gasteiger partial charge in [-0.1, -0.05) is 23.8 Å². The van der Waals surface area contributed by atoms with Crippen LogP contribution >= 0.6 is 0 Å². The maximum Gasteiger partial charge on any atom is 0.276 e. The highest BCUT2D eigenvalue weighted by Crippen LogP contribution is 2.18. The van der Waals surface area contributed by atoms with E-state index in [0.29, 0.717) is 11.1 Å². The molecule has 4 N–H and O–H groups in total. The Balaban J connectivity index is 2.20. The van der Waals surface area contributed by atoms with E-state index in [1.807, 2.05) is 19.1 Å². The number of hydrogen-bond donors (Lipinski definition) is 3. The van der Waals surface area contributed by atoms with Crippen LogP contribution in [0.25, 0.3) is 11.0 Å². The lowest BCUT2D eigenvalue weighted by Crippen LogP contribution is -2.11. The Bertz CT molecular complexity index is 876. The molecule has 0 unspecified atom stereocenters. The number of aryl methyl sites for hydroxylation is 1. The van der Waals surface area contributed by atoms with Gasteiger partial charge in [0.05, 0.1) is 5.56 Å². The summed E-state index contributed by atoms with van der Waals surface area (Å²) in [6.45, 7) is 1.91. The summed E-state index contributed by atoms with van der Waals surface area (Å²) in [5, 5.41) is 0. The maximum absolute atomic E-state index is 12.5. The van der Waals surface area contributed by atoms with Crippen LogP contribution in [-0.2, 0) is 0 Å². The first-order valence-electron chi connectivity index (χ1n) is 6.04. The molecular formula is C14H12N4O2. The van der Waals surface area contributed by atoms with Crippen molar-refractivity contribution in [3.63, 3.8) is 0 Å². The lowest BCUT2D eigenvalue weighted by molar-refractivity contribution is 0.104. The van der Waals surface area contributed by atoms with E-state index >= 15 is 0 Å². The summed E-state index contributed by atoms with van der Waals surface area (Å²) in [4.78, 5) is 33.4. The number of H-pyrrole nitrogens is 2. The normalized spacial score (nSPS) is 10.8. The molecule has 100 valence electrons. The van der Waals surface area contributed by atoms with Gasteiger partial charge in [-0.3, -0.25) is 14.6 Å². The molecule has 0 fully saturated rings. The van der Waals surface area contributed by atoms with Gasteiger partial charge in [-0.15, -0.1) is 0 Å². The van der Waals surface area contributed by atoms with Crippen molar-refractivity contribution in [3.05, 3.63) is 57.5 Å². The molecule has 0 aliphatic rings. The summed E-state index contributed by atoms with van der Waals surface area (Å²) < 4.78 is 0. The molecule has 0 atom stereocenters. The molecule has 0 aliphatic carbocycles. The molecule has 0 amide bonds. The summed E-state index contributed by atoms with van der Waals surface area (Å²) in [6.07, 6.45) is 1.48. The van der Waals surface area contributed by atoms with Crippen LogP contribution in [0.3, 0.4) is 0 Å². The smallest absolute Gasteiger partial charge is 0.276 e. The molecule has 0 saturated carbocycles. The monoisotopic (exact) mass is 268 g/mol. The van der Waals surface area contributed by atoms with Gasteiger partial charge in [0.15, 0.2) is 5.78 Å². The third kappa shape index (κ3) is 1.87. The van der Waals surface area contributed by atoms with E-state index in [4.69, 9.17) is 5.73 Å². The number of aromatic amines is 2. The molecule has 6 heteroatoms. The quantitative estimate of drug-likeness (QED) is 0.610. The van der Waals surface area contributed by atoms with Crippen LogP contribution in [0.4, 0.5) is 5.95 Å². The Labute approximate surface area is 113 Å². The topological polar surface area (TPSA) is 105 Å². The standard InChI is InChI=1S/C14H12N4O2/c1-7-3-2-4-8(5-7)12(19)9-6-16-11-10(9)17-14(15)18-13(11)20/h2-6,16H,1H3,(H3,15,17,18,20). The number of nitrogens with one attached hydrogen (secondary N) is 2. The number of nitrogen functional groups attached to an aromatic ring is 1. The highest BCUT2D eigenvalue weighted by Gasteiger charge is 2.17. The number of nitrogens with zero attached hydrogens (tertiary/aromatic N) is 1. The second-order valence-electron chi connectivity index (χ2n) is 4.58. The van der Waals surface area contributed by atoms with Crippen molar-refractivity contribution in [3.8, 4) is 0 Å². The molecule has 0 spiro atoms. The fourth-order valence-electron chi connectivity index (χ4n) is 2.15. The second kappa shape index (κ2) is 4.34. The minimum absolute atomic E-state index is 0.0135. The van der Waals surface area contributed by atoms with Crippen molar-refractivity contribution < 1.29 is 4.79 Å². The predicted octanol–water partition coefficient (Wildman–Crippen LogP) is 1.37. The van der Waals surface area contributed by atoms with Crippen LogP contribution in [0.2, 0.25) is 0 Å². The molecule has 2 aromatic heterocycles. The van der Waals surface area contributed by atoms with Crippen molar-refractivity contribution in [2.45, 2.75) is 6.92 Å². The molecule has 3 aromatic rings. The number of nitrogens with two attached hydrogens (primary N) is 1. The minimum atomic E-state index is -0.393. The number of carbonyl (C=O) groups excluding carboxylic acids is 1. The van der Waals surface area contributed by atoms with Crippen molar-refractivity contribution >= 4 is 22.8 Å². The average Bonchev–Trinajstić information content (AvgIpc) is 2.81. The number of benzene rings is 1. The van der Waals surface area contributed by atoms with Crippen LogP contribution in [0, 0.1) is 6.92 Å². The number of anilines is 1. The van der Waals surface area contributed by atoms with E-state index in [1.54, 1.807) is 12.1 Å². The van der Waals surface area contributed by atoms with E-state index < -0.39 is 5.56 Å². The Hall–Kier alpha value is -2.89. The molecule has 0 saturated heterocycles. The van der Waals surface area contributed by atoms with Gasteiger partial charge in [0.2, 0.25) is 5.95 Å². The third-order valence-electron chi connectivity index (χ3n) is 3.08. The second-order valence-corrected chi connectivity index (χ2v) is 4.58. The first kappa shape index (κ1) is 12.2. The maximum atomic E-state index is 12.5. The Morgan fingerprint density at radius 2 is 2.15 bits per heavy atom. The van der Waals surface area contributed by atoms with Crippen molar-refractivity contribution in [2.75, 3.05) is 5.73 Å². The summed E-state index contributed by atoms with van der Waals surface area (Å²) in [5.41, 5.74) is 7.54. The number of rotatable bonds is 2. The van der Waals surface area contributed by atoms with E-state index in [0.717, 1.165) is 5.56 Å². The number of aromatic nitrogens is 3. The van der Waals surface area contributed by atoms with Crippen molar-refractivity contribution in [1.82, 2.24) is 15.0 Å². The number of ketones is 1. The van der Waals surface area contributed by atoms with Gasteiger partial charge in [0.25, 0.3) is 5.56 Å². The van der Waals surface area contributed by atoms with Crippen LogP contribution in [0.15, 0.2) is 35.3 Å². The van der Waals surface area contributed by atoms with Crippen LogP contribution in [0.5, 0.6) is 0 Å². The molecular weight excluding hydrogens is 256 g/mol. The van der Waals surface area contributed by atoms with Gasteiger partial charge in [-0.25, -0.2) is 4.98 Å². The molecule has 3 rings (SSSR count). The predicted molar refractivity (Wildman–Crippen MR) is 75.7 cm³/mol. The fourth-order valence-corrected chi connectivity index (χ4v) is 2.15. The summed E-state index contributed by atoms with van der Waals surface area (Å²) >= 11 is 0. The SMILES string of the molecule is Cc1cccc(C(=O)c2c[nH]c3c(=O)[nH]c(N)nc23)c1. The fraction of sp³-hybridized carbons (Fsp3) is 0.0714. The first-order valence-corrected chi connectivity index (χ1v) is 6.04. The summed E-state index contributed by atoms with van der Waals surface area (Å²) in [7, 11) is 0. The van der Waals surface area contributed by atoms with Gasteiger partial charge in [0, 0.05) is 11.8 Å². The Morgan fingerprint density at radius 1 is 1.35 bits per heavy atom. The highest BCUT2D eigenvalue weighted by atomic mass is 16.1. The van der Waals surface area contributed by atoms with Gasteiger partial charge in [-0.2, -0.15) is 0 Å². The molecule has 0 aliphatic heterocycles. The molecule has 0 radical (unpaired) electrons. The number of hydrogen-bond acceptors (Lipinski definition) is 4. The highest BCUT2D eigenvalue weighted by molar-refractivity contribution is 6.15. The molecule has 1 aromatic carbocycles.